The smallest absolute Gasteiger partial charge is 0.411 e. The molecule has 1 aliphatic carbocycles. The minimum absolute atomic E-state index is 0.0126. The molecule has 0 spiro atoms. The molecule has 1 aliphatic rings. The number of rotatable bonds is 12. The molecule has 8 nitrogen and oxygen atoms in total. The van der Waals surface area contributed by atoms with E-state index in [4.69, 9.17) is 39.4 Å². The molecule has 0 amide bonds. The summed E-state index contributed by atoms with van der Waals surface area (Å²) in [5, 5.41) is 0. The second kappa shape index (κ2) is 19.5. The highest BCUT2D eigenvalue weighted by atomic mass is 19.4. The van der Waals surface area contributed by atoms with Gasteiger partial charge in [0.1, 0.15) is 23.0 Å². The molecule has 7 aromatic carbocycles. The lowest BCUT2D eigenvalue weighted by molar-refractivity contribution is -0.288. The van der Waals surface area contributed by atoms with Crippen molar-refractivity contribution >= 4 is 5.57 Å². The fraction of sp³-hybridized carbons (Fsp3) is 0.103. The van der Waals surface area contributed by atoms with Crippen molar-refractivity contribution in [3.8, 4) is 79.9 Å². The van der Waals surface area contributed by atoms with E-state index >= 15 is 26.3 Å². The zero-order valence-electron chi connectivity index (χ0n) is 38.2. The molecule has 2 heterocycles. The van der Waals surface area contributed by atoms with E-state index in [2.05, 4.69) is 13.0 Å². The molecule has 0 N–H and O–H groups in total. The summed E-state index contributed by atoms with van der Waals surface area (Å²) in [6.45, 7) is 2.10. The summed E-state index contributed by atoms with van der Waals surface area (Å²) in [5.74, 6) is 3.53. The Morgan fingerprint density at radius 3 is 0.972 bits per heavy atom. The SMILES string of the molecule is CC1CC=CC=C1c1nc(-c2ccccc2)nc(-c2ccc(Oc3ccc(C(c4ccc(Oc5ccc(-c6nc(-c7ccccc7)nc(-c7ccccc7)n6)cc5)cc4)(C(F)(F)F)C(F)(F)F)cc3)cc2)n1. The van der Waals surface area contributed by atoms with Crippen LogP contribution in [0.2, 0.25) is 0 Å². The number of aromatic nitrogens is 6. The predicted octanol–water partition coefficient (Wildman–Crippen LogP) is 15.4. The predicted molar refractivity (Wildman–Crippen MR) is 264 cm³/mol. The van der Waals surface area contributed by atoms with Crippen LogP contribution in [0.15, 0.2) is 206 Å². The summed E-state index contributed by atoms with van der Waals surface area (Å²) in [7, 11) is 0. The number of benzene rings is 7. The average molecular weight is 967 g/mol. The fourth-order valence-electron chi connectivity index (χ4n) is 8.47. The molecule has 1 atom stereocenters. The Hall–Kier alpha value is -8.78. The molecule has 1 unspecified atom stereocenters. The van der Waals surface area contributed by atoms with Crippen LogP contribution >= 0.6 is 0 Å². The zero-order chi connectivity index (χ0) is 49.9. The van der Waals surface area contributed by atoms with E-state index in [-0.39, 0.29) is 28.9 Å². The number of halogens is 6. The molecule has 72 heavy (non-hydrogen) atoms. The first-order valence-electron chi connectivity index (χ1n) is 22.8. The topological polar surface area (TPSA) is 95.8 Å². The van der Waals surface area contributed by atoms with Gasteiger partial charge in [-0.25, -0.2) is 29.9 Å². The molecule has 14 heteroatoms. The summed E-state index contributed by atoms with van der Waals surface area (Å²) < 4.78 is 103. The van der Waals surface area contributed by atoms with Gasteiger partial charge in [0.05, 0.1) is 0 Å². The van der Waals surface area contributed by atoms with Gasteiger partial charge in [-0.3, -0.25) is 0 Å². The Morgan fingerprint density at radius 1 is 0.375 bits per heavy atom. The van der Waals surface area contributed by atoms with E-state index in [9.17, 15) is 0 Å². The van der Waals surface area contributed by atoms with Crippen LogP contribution in [0.5, 0.6) is 23.0 Å². The highest BCUT2D eigenvalue weighted by molar-refractivity contribution is 5.70. The number of hydrogen-bond acceptors (Lipinski definition) is 8. The van der Waals surface area contributed by atoms with Crippen molar-refractivity contribution in [2.75, 3.05) is 0 Å². The molecule has 0 aliphatic heterocycles. The Balaban J connectivity index is 0.877. The molecular formula is C58H40F6N6O2. The first-order chi connectivity index (χ1) is 34.8. The van der Waals surface area contributed by atoms with Crippen LogP contribution in [0.4, 0.5) is 26.3 Å². The first-order valence-corrected chi connectivity index (χ1v) is 22.8. The van der Waals surface area contributed by atoms with E-state index in [1.54, 1.807) is 48.5 Å². The van der Waals surface area contributed by atoms with Crippen molar-refractivity contribution in [2.45, 2.75) is 31.1 Å². The first kappa shape index (κ1) is 46.9. The monoisotopic (exact) mass is 966 g/mol. The number of allylic oxidation sites excluding steroid dienone is 4. The highest BCUT2D eigenvalue weighted by Gasteiger charge is 2.72. The van der Waals surface area contributed by atoms with E-state index in [1.807, 2.05) is 103 Å². The summed E-state index contributed by atoms with van der Waals surface area (Å²) in [6.07, 6.45) is -4.72. The number of nitrogens with zero attached hydrogens (tertiary/aromatic N) is 6. The van der Waals surface area contributed by atoms with Gasteiger partial charge in [0.2, 0.25) is 5.41 Å². The molecule has 0 saturated carbocycles. The molecule has 9 aromatic rings. The molecule has 0 fully saturated rings. The van der Waals surface area contributed by atoms with Crippen molar-refractivity contribution in [2.24, 2.45) is 5.92 Å². The van der Waals surface area contributed by atoms with Crippen LogP contribution in [0.3, 0.4) is 0 Å². The number of alkyl halides is 6. The van der Waals surface area contributed by atoms with E-state index < -0.39 is 28.9 Å². The molecule has 0 bridgehead atoms. The maximum Gasteiger partial charge on any atom is 0.411 e. The van der Waals surface area contributed by atoms with Crippen molar-refractivity contribution in [3.63, 3.8) is 0 Å². The Labute approximate surface area is 410 Å². The largest absolute Gasteiger partial charge is 0.457 e. The standard InChI is InChI=1S/C58H40F6N6O2/c1-37-13-11-12-20-49(37)55-69-52(40-18-9-4-10-19-40)68-54(70-55)42-23-31-46(32-24-42)72-48-35-27-44(28-36-48)56(57(59,60)61,58(62,63)64)43-25-33-47(34-26-43)71-45-29-21-41(22-30-45)53-66-50(38-14-5-2-6-15-38)65-51(67-53)39-16-7-3-8-17-39/h2-12,14-37H,13H2,1H3. The van der Waals surface area contributed by atoms with Gasteiger partial charge in [-0.15, -0.1) is 0 Å². The molecule has 0 saturated heterocycles. The molecule has 10 rings (SSSR count). The Morgan fingerprint density at radius 2 is 0.667 bits per heavy atom. The Kier molecular flexibility index (Phi) is 12.7. The second-order valence-electron chi connectivity index (χ2n) is 16.9. The summed E-state index contributed by atoms with van der Waals surface area (Å²) in [4.78, 5) is 28.5. The Bertz CT molecular complexity index is 3320. The molecule has 0 radical (unpaired) electrons. The minimum Gasteiger partial charge on any atom is -0.457 e. The van der Waals surface area contributed by atoms with E-state index in [0.717, 1.165) is 77.2 Å². The third-order valence-corrected chi connectivity index (χ3v) is 12.2. The maximum atomic E-state index is 15.2. The van der Waals surface area contributed by atoms with Gasteiger partial charge in [0, 0.05) is 33.4 Å². The van der Waals surface area contributed by atoms with Crippen molar-refractivity contribution < 1.29 is 35.8 Å². The van der Waals surface area contributed by atoms with E-state index in [1.165, 1.54) is 0 Å². The van der Waals surface area contributed by atoms with Crippen LogP contribution in [-0.4, -0.2) is 42.3 Å². The van der Waals surface area contributed by atoms with E-state index in [0.29, 0.717) is 46.1 Å². The van der Waals surface area contributed by atoms with Gasteiger partial charge in [-0.05, 0) is 96.3 Å². The lowest BCUT2D eigenvalue weighted by Crippen LogP contribution is -2.54. The lowest BCUT2D eigenvalue weighted by Gasteiger charge is -2.38. The summed E-state index contributed by atoms with van der Waals surface area (Å²) in [5.41, 5.74) is -1.87. The average Bonchev–Trinajstić information content (AvgIpc) is 3.40. The summed E-state index contributed by atoms with van der Waals surface area (Å²) in [6, 6.07) is 49.1. The molecular weight excluding hydrogens is 927 g/mol. The number of ether oxygens (including phenoxy) is 2. The van der Waals surface area contributed by atoms with Gasteiger partial charge >= 0.3 is 12.4 Å². The minimum atomic E-state index is -5.81. The lowest BCUT2D eigenvalue weighted by atomic mass is 9.73. The van der Waals surface area contributed by atoms with Crippen molar-refractivity contribution in [1.29, 1.82) is 0 Å². The van der Waals surface area contributed by atoms with Gasteiger partial charge in [-0.1, -0.05) is 140 Å². The quantitative estimate of drug-likeness (QED) is 0.112. The maximum absolute atomic E-state index is 15.2. The van der Waals surface area contributed by atoms with Crippen LogP contribution in [0.25, 0.3) is 62.5 Å². The third kappa shape index (κ3) is 9.58. The van der Waals surface area contributed by atoms with Crippen LogP contribution in [0.1, 0.15) is 30.3 Å². The molecule has 356 valence electrons. The van der Waals surface area contributed by atoms with Crippen molar-refractivity contribution in [3.05, 3.63) is 223 Å². The normalized spacial score (nSPS) is 13.9. The van der Waals surface area contributed by atoms with Crippen LogP contribution in [-0.2, 0) is 5.41 Å². The van der Waals surface area contributed by atoms with Gasteiger partial charge in [0.25, 0.3) is 0 Å². The second-order valence-corrected chi connectivity index (χ2v) is 16.9. The van der Waals surface area contributed by atoms with Crippen LogP contribution in [0, 0.1) is 5.92 Å². The molecule has 2 aromatic heterocycles. The van der Waals surface area contributed by atoms with Crippen molar-refractivity contribution in [1.82, 2.24) is 29.9 Å². The van der Waals surface area contributed by atoms with Gasteiger partial charge < -0.3 is 9.47 Å². The highest BCUT2D eigenvalue weighted by Crippen LogP contribution is 2.56. The van der Waals surface area contributed by atoms with Crippen LogP contribution < -0.4 is 9.47 Å². The number of hydrogen-bond donors (Lipinski definition) is 0. The van der Waals surface area contributed by atoms with Gasteiger partial charge in [-0.2, -0.15) is 26.3 Å². The third-order valence-electron chi connectivity index (χ3n) is 12.2. The zero-order valence-corrected chi connectivity index (χ0v) is 38.2. The fourth-order valence-corrected chi connectivity index (χ4v) is 8.47. The van der Waals surface area contributed by atoms with Gasteiger partial charge in [0.15, 0.2) is 34.9 Å². The summed E-state index contributed by atoms with van der Waals surface area (Å²) >= 11 is 0.